The Morgan fingerprint density at radius 1 is 1.26 bits per heavy atom. The molecule has 2 aliphatic rings. The van der Waals surface area contributed by atoms with Crippen LogP contribution in [0.5, 0.6) is 0 Å². The molecule has 0 saturated carbocycles. The van der Waals surface area contributed by atoms with Gasteiger partial charge in [0.15, 0.2) is 5.78 Å². The Labute approximate surface area is 136 Å². The SMILES string of the molecule is CC1=CC(=NC2=CC(C)(C)C=C(N)C=C2)C(NCCO)=CC1=O. The van der Waals surface area contributed by atoms with Gasteiger partial charge in [-0.25, -0.2) is 4.99 Å². The van der Waals surface area contributed by atoms with Gasteiger partial charge in [-0.3, -0.25) is 4.79 Å². The number of allylic oxidation sites excluding steroid dienone is 7. The molecule has 2 aliphatic carbocycles. The lowest BCUT2D eigenvalue weighted by molar-refractivity contribution is -0.111. The number of hydrogen-bond donors (Lipinski definition) is 3. The lowest BCUT2D eigenvalue weighted by atomic mass is 9.92. The van der Waals surface area contributed by atoms with Crippen molar-refractivity contribution in [2.45, 2.75) is 20.8 Å². The number of nitrogens with zero attached hydrogens (tertiary/aromatic N) is 1. The van der Waals surface area contributed by atoms with E-state index in [4.69, 9.17) is 10.8 Å². The molecule has 5 nitrogen and oxygen atoms in total. The largest absolute Gasteiger partial charge is 0.399 e. The molecule has 0 radical (unpaired) electrons. The van der Waals surface area contributed by atoms with E-state index >= 15 is 0 Å². The molecule has 0 spiro atoms. The van der Waals surface area contributed by atoms with Crippen molar-refractivity contribution in [3.63, 3.8) is 0 Å². The molecule has 4 N–H and O–H groups in total. The van der Waals surface area contributed by atoms with E-state index in [1.165, 1.54) is 6.08 Å². The van der Waals surface area contributed by atoms with Crippen LogP contribution in [0.3, 0.4) is 0 Å². The lowest BCUT2D eigenvalue weighted by Crippen LogP contribution is -2.26. The Bertz CT molecular complexity index is 689. The Morgan fingerprint density at radius 3 is 2.70 bits per heavy atom. The van der Waals surface area contributed by atoms with Gasteiger partial charge in [-0.05, 0) is 36.8 Å². The molecule has 0 saturated heterocycles. The Morgan fingerprint density at radius 2 is 2.00 bits per heavy atom. The number of aliphatic hydroxyl groups is 1. The molecule has 0 atom stereocenters. The maximum absolute atomic E-state index is 11.9. The fourth-order valence-corrected chi connectivity index (χ4v) is 2.44. The van der Waals surface area contributed by atoms with Gasteiger partial charge < -0.3 is 16.2 Å². The molecule has 5 heteroatoms. The second-order valence-electron chi connectivity index (χ2n) is 6.27. The van der Waals surface area contributed by atoms with Crippen molar-refractivity contribution in [1.29, 1.82) is 0 Å². The molecule has 0 bridgehead atoms. The van der Waals surface area contributed by atoms with Crippen molar-refractivity contribution in [2.24, 2.45) is 16.1 Å². The first-order valence-corrected chi connectivity index (χ1v) is 7.58. The summed E-state index contributed by atoms with van der Waals surface area (Å²) in [7, 11) is 0. The van der Waals surface area contributed by atoms with Gasteiger partial charge in [0.1, 0.15) is 0 Å². The van der Waals surface area contributed by atoms with Crippen LogP contribution in [0.4, 0.5) is 0 Å². The highest BCUT2D eigenvalue weighted by molar-refractivity contribution is 6.21. The van der Waals surface area contributed by atoms with E-state index in [1.807, 2.05) is 24.3 Å². The minimum atomic E-state index is -0.210. The Balaban J connectivity index is 2.39. The maximum atomic E-state index is 11.9. The smallest absolute Gasteiger partial charge is 0.183 e. The molecule has 0 aromatic heterocycles. The predicted octanol–water partition coefficient (Wildman–Crippen LogP) is 1.74. The number of nitrogens with two attached hydrogens (primary N) is 1. The van der Waals surface area contributed by atoms with Gasteiger partial charge in [-0.15, -0.1) is 0 Å². The van der Waals surface area contributed by atoms with Crippen molar-refractivity contribution < 1.29 is 9.90 Å². The minimum Gasteiger partial charge on any atom is -0.399 e. The third-order valence-corrected chi connectivity index (χ3v) is 3.48. The van der Waals surface area contributed by atoms with Crippen LogP contribution in [0.2, 0.25) is 0 Å². The molecule has 0 amide bonds. The molecule has 0 aromatic carbocycles. The van der Waals surface area contributed by atoms with Crippen LogP contribution in [0.15, 0.2) is 64.1 Å². The molecular weight excluding hydrogens is 290 g/mol. The fraction of sp³-hybridized carbons (Fsp3) is 0.333. The third kappa shape index (κ3) is 4.53. The first-order chi connectivity index (χ1) is 10.8. The molecule has 2 rings (SSSR count). The van der Waals surface area contributed by atoms with Crippen LogP contribution in [-0.2, 0) is 4.79 Å². The summed E-state index contributed by atoms with van der Waals surface area (Å²) in [5, 5.41) is 12.0. The van der Waals surface area contributed by atoms with E-state index in [0.717, 1.165) is 5.70 Å². The fourth-order valence-electron chi connectivity index (χ4n) is 2.44. The van der Waals surface area contributed by atoms with Gasteiger partial charge in [0.25, 0.3) is 0 Å². The minimum absolute atomic E-state index is 0.0163. The Kier molecular flexibility index (Phi) is 5.01. The van der Waals surface area contributed by atoms with Gasteiger partial charge in [0, 0.05) is 23.7 Å². The average molecular weight is 313 g/mol. The maximum Gasteiger partial charge on any atom is 0.183 e. The number of aliphatic hydroxyl groups excluding tert-OH is 1. The van der Waals surface area contributed by atoms with Gasteiger partial charge in [-0.1, -0.05) is 19.9 Å². The highest BCUT2D eigenvalue weighted by atomic mass is 16.3. The summed E-state index contributed by atoms with van der Waals surface area (Å²) >= 11 is 0. The highest BCUT2D eigenvalue weighted by Gasteiger charge is 2.18. The summed E-state index contributed by atoms with van der Waals surface area (Å²) in [4.78, 5) is 16.5. The summed E-state index contributed by atoms with van der Waals surface area (Å²) in [5.41, 5.74) is 9.10. The zero-order chi connectivity index (χ0) is 17.0. The lowest BCUT2D eigenvalue weighted by Gasteiger charge is -2.17. The summed E-state index contributed by atoms with van der Waals surface area (Å²) in [6, 6.07) is 0. The van der Waals surface area contributed by atoms with Crippen LogP contribution >= 0.6 is 0 Å². The zero-order valence-electron chi connectivity index (χ0n) is 13.8. The quantitative estimate of drug-likeness (QED) is 0.690. The molecule has 0 heterocycles. The first-order valence-electron chi connectivity index (χ1n) is 7.58. The molecule has 0 aromatic rings. The van der Waals surface area contributed by atoms with Crippen molar-refractivity contribution in [3.8, 4) is 0 Å². The summed E-state index contributed by atoms with van der Waals surface area (Å²) in [6.07, 6.45) is 11.0. The van der Waals surface area contributed by atoms with Crippen LogP contribution < -0.4 is 11.1 Å². The highest BCUT2D eigenvalue weighted by Crippen LogP contribution is 2.26. The van der Waals surface area contributed by atoms with Crippen molar-refractivity contribution in [3.05, 3.63) is 59.1 Å². The number of hydrogen-bond acceptors (Lipinski definition) is 5. The second kappa shape index (κ2) is 6.79. The van der Waals surface area contributed by atoms with E-state index in [2.05, 4.69) is 24.2 Å². The van der Waals surface area contributed by atoms with E-state index in [0.29, 0.717) is 29.2 Å². The van der Waals surface area contributed by atoms with Crippen molar-refractivity contribution in [2.75, 3.05) is 13.2 Å². The van der Waals surface area contributed by atoms with Crippen LogP contribution in [0, 0.1) is 5.41 Å². The topological polar surface area (TPSA) is 87.7 Å². The van der Waals surface area contributed by atoms with Crippen LogP contribution in [0.1, 0.15) is 20.8 Å². The summed E-state index contributed by atoms with van der Waals surface area (Å²) in [5.74, 6) is -0.0546. The standard InChI is InChI=1S/C18H23N3O2/c1-12-8-16(15(9-17(12)23)20-6-7-22)21-14-5-4-13(19)10-18(2,3)11-14/h4-5,8-11,20,22H,6-7,19H2,1-3H3. The molecule has 0 fully saturated rings. The van der Waals surface area contributed by atoms with E-state index in [1.54, 1.807) is 13.0 Å². The van der Waals surface area contributed by atoms with Gasteiger partial charge in [0.05, 0.1) is 23.7 Å². The number of carbonyl (C=O) groups excluding carboxylic acids is 1. The first kappa shape index (κ1) is 17.0. The summed E-state index contributed by atoms with van der Waals surface area (Å²) in [6.45, 7) is 6.22. The van der Waals surface area contributed by atoms with Crippen LogP contribution in [-0.4, -0.2) is 29.8 Å². The molecule has 0 aliphatic heterocycles. The number of nitrogens with one attached hydrogen (secondary N) is 1. The Hall–Kier alpha value is -2.40. The number of carbonyl (C=O) groups is 1. The third-order valence-electron chi connectivity index (χ3n) is 3.48. The van der Waals surface area contributed by atoms with Gasteiger partial charge >= 0.3 is 0 Å². The van der Waals surface area contributed by atoms with E-state index in [-0.39, 0.29) is 17.8 Å². The van der Waals surface area contributed by atoms with Crippen molar-refractivity contribution in [1.82, 2.24) is 5.32 Å². The monoisotopic (exact) mass is 313 g/mol. The zero-order valence-corrected chi connectivity index (χ0v) is 13.8. The number of rotatable bonds is 4. The van der Waals surface area contributed by atoms with Crippen molar-refractivity contribution >= 4 is 11.5 Å². The molecule has 122 valence electrons. The van der Waals surface area contributed by atoms with Crippen LogP contribution in [0.25, 0.3) is 0 Å². The number of aliphatic imine (C=N–C) groups is 1. The van der Waals surface area contributed by atoms with E-state index in [9.17, 15) is 4.79 Å². The molecule has 23 heavy (non-hydrogen) atoms. The van der Waals surface area contributed by atoms with Gasteiger partial charge in [0.2, 0.25) is 0 Å². The predicted molar refractivity (Wildman–Crippen MR) is 92.6 cm³/mol. The average Bonchev–Trinajstić information content (AvgIpc) is 2.58. The summed E-state index contributed by atoms with van der Waals surface area (Å²) < 4.78 is 0. The number of ketones is 1. The van der Waals surface area contributed by atoms with E-state index < -0.39 is 0 Å². The second-order valence-corrected chi connectivity index (χ2v) is 6.27. The normalized spacial score (nSPS) is 22.1. The molecule has 0 unspecified atom stereocenters. The molecular formula is C18H23N3O2. The van der Waals surface area contributed by atoms with Gasteiger partial charge in [-0.2, -0.15) is 0 Å².